The van der Waals surface area contributed by atoms with Crippen molar-refractivity contribution in [2.24, 2.45) is 0 Å². The van der Waals surface area contributed by atoms with Crippen LogP contribution < -0.4 is 10.6 Å². The van der Waals surface area contributed by atoms with E-state index in [1.54, 1.807) is 48.5 Å². The van der Waals surface area contributed by atoms with Crippen molar-refractivity contribution in [2.75, 3.05) is 13.1 Å². The first-order valence-corrected chi connectivity index (χ1v) is 9.22. The van der Waals surface area contributed by atoms with E-state index in [0.29, 0.717) is 35.3 Å². The topological polar surface area (TPSA) is 106 Å². The van der Waals surface area contributed by atoms with Gasteiger partial charge in [-0.15, -0.1) is 0 Å². The molecule has 0 aromatic heterocycles. The van der Waals surface area contributed by atoms with Gasteiger partial charge in [0.1, 0.15) is 0 Å². The van der Waals surface area contributed by atoms with Gasteiger partial charge in [-0.2, -0.15) is 10.5 Å². The molecule has 0 saturated heterocycles. The monoisotopic (exact) mass is 374 g/mol. The van der Waals surface area contributed by atoms with E-state index in [-0.39, 0.29) is 11.8 Å². The first kappa shape index (κ1) is 20.7. The van der Waals surface area contributed by atoms with E-state index in [9.17, 15) is 9.59 Å². The fraction of sp³-hybridized carbons (Fsp3) is 0.273. The molecule has 0 atom stereocenters. The van der Waals surface area contributed by atoms with Crippen molar-refractivity contribution < 1.29 is 9.59 Å². The predicted octanol–water partition coefficient (Wildman–Crippen LogP) is 3.15. The second-order valence-electron chi connectivity index (χ2n) is 6.24. The van der Waals surface area contributed by atoms with Gasteiger partial charge < -0.3 is 10.6 Å². The van der Waals surface area contributed by atoms with E-state index >= 15 is 0 Å². The molecule has 0 heterocycles. The average molecular weight is 374 g/mol. The van der Waals surface area contributed by atoms with Gasteiger partial charge in [0.2, 0.25) is 0 Å². The first-order valence-electron chi connectivity index (χ1n) is 9.22. The smallest absolute Gasteiger partial charge is 0.252 e. The summed E-state index contributed by atoms with van der Waals surface area (Å²) in [5, 5.41) is 23.7. The van der Waals surface area contributed by atoms with Gasteiger partial charge in [0.15, 0.2) is 0 Å². The highest BCUT2D eigenvalue weighted by molar-refractivity contribution is 5.97. The third-order valence-electron chi connectivity index (χ3n) is 4.26. The van der Waals surface area contributed by atoms with E-state index < -0.39 is 0 Å². The van der Waals surface area contributed by atoms with Crippen molar-refractivity contribution in [3.8, 4) is 12.1 Å². The van der Waals surface area contributed by atoms with Gasteiger partial charge in [-0.1, -0.05) is 37.1 Å². The molecule has 0 saturated carbocycles. The zero-order chi connectivity index (χ0) is 20.2. The van der Waals surface area contributed by atoms with Crippen LogP contribution in [0.2, 0.25) is 0 Å². The summed E-state index contributed by atoms with van der Waals surface area (Å²) in [7, 11) is 0. The SMILES string of the molecule is N#Cc1ccccc1C(=O)NCCCCCCNC(=O)c1ccccc1C#N. The molecule has 0 aliphatic carbocycles. The summed E-state index contributed by atoms with van der Waals surface area (Å²) >= 11 is 0. The summed E-state index contributed by atoms with van der Waals surface area (Å²) in [4.78, 5) is 24.2. The molecule has 142 valence electrons. The van der Waals surface area contributed by atoms with E-state index in [0.717, 1.165) is 25.7 Å². The van der Waals surface area contributed by atoms with Crippen molar-refractivity contribution in [2.45, 2.75) is 25.7 Å². The highest BCUT2D eigenvalue weighted by Crippen LogP contribution is 2.08. The Labute approximate surface area is 164 Å². The van der Waals surface area contributed by atoms with Crippen LogP contribution in [0.15, 0.2) is 48.5 Å². The summed E-state index contributed by atoms with van der Waals surface area (Å²) in [5.74, 6) is -0.471. The largest absolute Gasteiger partial charge is 0.352 e. The minimum absolute atomic E-state index is 0.236. The highest BCUT2D eigenvalue weighted by atomic mass is 16.2. The summed E-state index contributed by atoms with van der Waals surface area (Å²) in [6.45, 7) is 1.08. The maximum atomic E-state index is 12.1. The van der Waals surface area contributed by atoms with Crippen LogP contribution in [0, 0.1) is 22.7 Å². The van der Waals surface area contributed by atoms with Crippen molar-refractivity contribution in [3.63, 3.8) is 0 Å². The predicted molar refractivity (Wildman–Crippen MR) is 105 cm³/mol. The number of benzene rings is 2. The van der Waals surface area contributed by atoms with Gasteiger partial charge in [-0.3, -0.25) is 9.59 Å². The lowest BCUT2D eigenvalue weighted by Gasteiger charge is -2.08. The van der Waals surface area contributed by atoms with Gasteiger partial charge in [0.05, 0.1) is 34.4 Å². The Kier molecular flexibility index (Phi) is 8.23. The number of carbonyl (C=O) groups is 2. The molecule has 2 N–H and O–H groups in total. The Bertz CT molecular complexity index is 834. The van der Waals surface area contributed by atoms with E-state index in [1.807, 2.05) is 12.1 Å². The van der Waals surface area contributed by atoms with Crippen LogP contribution in [0.5, 0.6) is 0 Å². The normalized spacial score (nSPS) is 9.79. The summed E-state index contributed by atoms with van der Waals surface area (Å²) < 4.78 is 0. The van der Waals surface area contributed by atoms with Crippen LogP contribution in [0.3, 0.4) is 0 Å². The highest BCUT2D eigenvalue weighted by Gasteiger charge is 2.10. The molecule has 2 aromatic carbocycles. The fourth-order valence-corrected chi connectivity index (χ4v) is 2.76. The number of amides is 2. The molecule has 0 unspecified atom stereocenters. The van der Waals surface area contributed by atoms with Crippen molar-refractivity contribution in [3.05, 3.63) is 70.8 Å². The van der Waals surface area contributed by atoms with E-state index in [2.05, 4.69) is 10.6 Å². The van der Waals surface area contributed by atoms with Gasteiger partial charge in [0, 0.05) is 13.1 Å². The zero-order valence-corrected chi connectivity index (χ0v) is 15.6. The lowest BCUT2D eigenvalue weighted by Crippen LogP contribution is -2.26. The number of nitriles is 2. The third-order valence-corrected chi connectivity index (χ3v) is 4.26. The summed E-state index contributed by atoms with van der Waals surface area (Å²) in [5.41, 5.74) is 1.53. The number of unbranched alkanes of at least 4 members (excludes halogenated alkanes) is 3. The number of nitrogens with zero attached hydrogens (tertiary/aromatic N) is 2. The molecule has 2 amide bonds. The van der Waals surface area contributed by atoms with Crippen LogP contribution in [0.25, 0.3) is 0 Å². The minimum atomic E-state index is -0.236. The quantitative estimate of drug-likeness (QED) is 0.658. The third kappa shape index (κ3) is 5.96. The molecule has 6 heteroatoms. The number of nitrogens with one attached hydrogen (secondary N) is 2. The number of hydrogen-bond donors (Lipinski definition) is 2. The molecule has 0 radical (unpaired) electrons. The molecule has 6 nitrogen and oxygen atoms in total. The second kappa shape index (κ2) is 11.2. The van der Waals surface area contributed by atoms with Crippen molar-refractivity contribution in [1.82, 2.24) is 10.6 Å². The van der Waals surface area contributed by atoms with Crippen LogP contribution >= 0.6 is 0 Å². The minimum Gasteiger partial charge on any atom is -0.352 e. The maximum absolute atomic E-state index is 12.1. The standard InChI is InChI=1S/C22H22N4O2/c23-15-17-9-3-5-11-19(17)21(27)25-13-7-1-2-8-14-26-22(28)20-12-6-4-10-18(20)16-24/h3-6,9-12H,1-2,7-8,13-14H2,(H,25,27)(H,26,28). The number of carbonyl (C=O) groups excluding carboxylic acids is 2. The van der Waals surface area contributed by atoms with Crippen LogP contribution in [-0.4, -0.2) is 24.9 Å². The van der Waals surface area contributed by atoms with Crippen molar-refractivity contribution >= 4 is 11.8 Å². The van der Waals surface area contributed by atoms with Crippen LogP contribution in [-0.2, 0) is 0 Å². The summed E-state index contributed by atoms with van der Waals surface area (Å²) in [6, 6.07) is 17.5. The number of rotatable bonds is 9. The Morgan fingerprint density at radius 2 is 1.07 bits per heavy atom. The Morgan fingerprint density at radius 1 is 0.679 bits per heavy atom. The molecule has 0 aliphatic heterocycles. The van der Waals surface area contributed by atoms with Crippen LogP contribution in [0.4, 0.5) is 0 Å². The molecular weight excluding hydrogens is 352 g/mol. The Balaban J connectivity index is 1.60. The molecule has 2 aromatic rings. The van der Waals surface area contributed by atoms with Gasteiger partial charge in [-0.05, 0) is 37.1 Å². The lowest BCUT2D eigenvalue weighted by atomic mass is 10.1. The second-order valence-corrected chi connectivity index (χ2v) is 6.24. The van der Waals surface area contributed by atoms with Gasteiger partial charge in [0.25, 0.3) is 11.8 Å². The van der Waals surface area contributed by atoms with Gasteiger partial charge >= 0.3 is 0 Å². The summed E-state index contributed by atoms with van der Waals surface area (Å²) in [6.07, 6.45) is 3.49. The lowest BCUT2D eigenvalue weighted by molar-refractivity contribution is 0.0943. The molecule has 0 aliphatic rings. The van der Waals surface area contributed by atoms with Gasteiger partial charge in [-0.25, -0.2) is 0 Å². The molecule has 2 rings (SSSR count). The zero-order valence-electron chi connectivity index (χ0n) is 15.6. The molecule has 0 fully saturated rings. The maximum Gasteiger partial charge on any atom is 0.252 e. The van der Waals surface area contributed by atoms with E-state index in [1.165, 1.54) is 0 Å². The Hall–Kier alpha value is -3.64. The van der Waals surface area contributed by atoms with Crippen LogP contribution in [0.1, 0.15) is 57.5 Å². The fourth-order valence-electron chi connectivity index (χ4n) is 2.76. The molecule has 0 bridgehead atoms. The first-order chi connectivity index (χ1) is 13.7. The Morgan fingerprint density at radius 3 is 1.46 bits per heavy atom. The molecule has 0 spiro atoms. The van der Waals surface area contributed by atoms with Crippen molar-refractivity contribution in [1.29, 1.82) is 10.5 Å². The van der Waals surface area contributed by atoms with E-state index in [4.69, 9.17) is 10.5 Å². The average Bonchev–Trinajstić information content (AvgIpc) is 2.75. The number of hydrogen-bond acceptors (Lipinski definition) is 4. The molecule has 28 heavy (non-hydrogen) atoms. The molecular formula is C22H22N4O2.